The zero-order valence-corrected chi connectivity index (χ0v) is 13.9. The van der Waals surface area contributed by atoms with Crippen LogP contribution in [-0.4, -0.2) is 43.0 Å². The number of benzene rings is 1. The molecule has 0 spiro atoms. The van der Waals surface area contributed by atoms with E-state index in [-0.39, 0.29) is 24.8 Å². The van der Waals surface area contributed by atoms with Crippen LogP contribution in [0.2, 0.25) is 0 Å². The van der Waals surface area contributed by atoms with Gasteiger partial charge in [0, 0.05) is 6.54 Å². The van der Waals surface area contributed by atoms with E-state index in [4.69, 9.17) is 9.47 Å². The second-order valence-electron chi connectivity index (χ2n) is 5.32. The molecule has 5 nitrogen and oxygen atoms in total. The maximum Gasteiger partial charge on any atom is 0.416 e. The number of alkyl halides is 3. The Bertz CT molecular complexity index is 546. The molecule has 0 saturated heterocycles. The fourth-order valence-electron chi connectivity index (χ4n) is 1.76. The molecule has 1 aromatic rings. The Morgan fingerprint density at radius 2 is 2.00 bits per heavy atom. The Hall–Kier alpha value is -2.06. The minimum absolute atomic E-state index is 0.0609. The van der Waals surface area contributed by atoms with Crippen LogP contribution < -0.4 is 10.1 Å². The summed E-state index contributed by atoms with van der Waals surface area (Å²) in [4.78, 5) is 11.7. The van der Waals surface area contributed by atoms with Crippen LogP contribution in [-0.2, 0) is 15.7 Å². The van der Waals surface area contributed by atoms with E-state index >= 15 is 0 Å². The number of hydrogen-bond acceptors (Lipinski definition) is 4. The normalized spacial score (nSPS) is 13.8. The van der Waals surface area contributed by atoms with Crippen LogP contribution in [0.3, 0.4) is 0 Å². The number of carbonyl (C=O) groups excluding carboxylic acids is 1. The van der Waals surface area contributed by atoms with Crippen molar-refractivity contribution in [2.45, 2.75) is 31.7 Å². The minimum atomic E-state index is -4.41. The molecule has 1 rings (SSSR count). The number of rotatable bonds is 10. The van der Waals surface area contributed by atoms with Gasteiger partial charge in [0.1, 0.15) is 24.6 Å². The van der Waals surface area contributed by atoms with Gasteiger partial charge in [-0.3, -0.25) is 4.79 Å². The van der Waals surface area contributed by atoms with Crippen molar-refractivity contribution in [2.75, 3.05) is 19.8 Å². The van der Waals surface area contributed by atoms with E-state index in [1.165, 1.54) is 12.1 Å². The van der Waals surface area contributed by atoms with Gasteiger partial charge in [-0.15, -0.1) is 6.58 Å². The second-order valence-corrected chi connectivity index (χ2v) is 5.32. The summed E-state index contributed by atoms with van der Waals surface area (Å²) in [6, 6.07) is 4.13. The van der Waals surface area contributed by atoms with Gasteiger partial charge in [-0.2, -0.15) is 13.2 Å². The summed E-state index contributed by atoms with van der Waals surface area (Å²) in [5, 5.41) is 12.3. The molecule has 2 atom stereocenters. The number of hydrogen-bond donors (Lipinski definition) is 2. The van der Waals surface area contributed by atoms with Crippen molar-refractivity contribution < 1.29 is 32.5 Å². The molecular weight excluding hydrogens is 339 g/mol. The Morgan fingerprint density at radius 3 is 2.56 bits per heavy atom. The molecule has 0 fully saturated rings. The van der Waals surface area contributed by atoms with Gasteiger partial charge in [0.05, 0.1) is 12.2 Å². The molecule has 25 heavy (non-hydrogen) atoms. The molecule has 8 heteroatoms. The number of carbonyl (C=O) groups is 1. The van der Waals surface area contributed by atoms with Crippen LogP contribution >= 0.6 is 0 Å². The van der Waals surface area contributed by atoms with Crippen molar-refractivity contribution in [3.8, 4) is 5.75 Å². The van der Waals surface area contributed by atoms with E-state index in [9.17, 15) is 23.1 Å². The van der Waals surface area contributed by atoms with Gasteiger partial charge in [-0.1, -0.05) is 6.08 Å². The molecule has 2 N–H and O–H groups in total. The maximum absolute atomic E-state index is 12.4. The summed E-state index contributed by atoms with van der Waals surface area (Å²) in [5.74, 6) is -0.183. The highest BCUT2D eigenvalue weighted by atomic mass is 19.4. The summed E-state index contributed by atoms with van der Waals surface area (Å²) < 4.78 is 47.8. The number of amides is 1. The summed E-state index contributed by atoms with van der Waals surface area (Å²) in [7, 11) is 0. The van der Waals surface area contributed by atoms with Crippen molar-refractivity contribution >= 4 is 5.91 Å². The zero-order valence-electron chi connectivity index (χ0n) is 13.9. The van der Waals surface area contributed by atoms with Crippen LogP contribution in [0.5, 0.6) is 5.75 Å². The Labute approximate surface area is 144 Å². The molecular formula is C17H22F3NO4. The first-order valence-corrected chi connectivity index (χ1v) is 7.72. The molecule has 0 saturated carbocycles. The van der Waals surface area contributed by atoms with Gasteiger partial charge in [0.25, 0.3) is 0 Å². The van der Waals surface area contributed by atoms with Crippen LogP contribution in [0.1, 0.15) is 18.9 Å². The first-order valence-electron chi connectivity index (χ1n) is 7.72. The van der Waals surface area contributed by atoms with Crippen LogP contribution in [0.25, 0.3) is 0 Å². The largest absolute Gasteiger partial charge is 0.491 e. The van der Waals surface area contributed by atoms with Gasteiger partial charge in [-0.25, -0.2) is 0 Å². The highest BCUT2D eigenvalue weighted by Gasteiger charge is 2.30. The quantitative estimate of drug-likeness (QED) is 0.496. The molecule has 0 aliphatic rings. The maximum atomic E-state index is 12.4. The van der Waals surface area contributed by atoms with E-state index in [1.54, 1.807) is 13.0 Å². The first-order chi connectivity index (χ1) is 11.7. The van der Waals surface area contributed by atoms with E-state index in [0.29, 0.717) is 13.0 Å². The van der Waals surface area contributed by atoms with E-state index in [1.807, 2.05) is 0 Å². The van der Waals surface area contributed by atoms with E-state index in [0.717, 1.165) is 12.1 Å². The van der Waals surface area contributed by atoms with Gasteiger partial charge in [0.2, 0.25) is 5.91 Å². The molecule has 140 valence electrons. The molecule has 1 amide bonds. The van der Waals surface area contributed by atoms with Gasteiger partial charge >= 0.3 is 6.18 Å². The van der Waals surface area contributed by atoms with Gasteiger partial charge < -0.3 is 19.9 Å². The summed E-state index contributed by atoms with van der Waals surface area (Å²) in [6.07, 6.45) is -3.78. The fraction of sp³-hybridized carbons (Fsp3) is 0.471. The highest BCUT2D eigenvalue weighted by Crippen LogP contribution is 2.30. The second kappa shape index (κ2) is 10.0. The zero-order chi connectivity index (χ0) is 18.9. The standard InChI is InChI=1S/C17H22F3NO4/c1-3-4-9-24-12(2)16(23)21-10-14(22)11-25-15-7-5-13(6-8-15)17(18,19)20/h3,5-8,12,14,22H,1,4,9-11H2,2H3,(H,21,23). The highest BCUT2D eigenvalue weighted by molar-refractivity contribution is 5.80. The predicted octanol–water partition coefficient (Wildman–Crippen LogP) is 2.54. The third-order valence-electron chi connectivity index (χ3n) is 3.20. The smallest absolute Gasteiger partial charge is 0.416 e. The molecule has 0 bridgehead atoms. The SMILES string of the molecule is C=CCCOC(C)C(=O)NCC(O)COc1ccc(C(F)(F)F)cc1. The third-order valence-corrected chi connectivity index (χ3v) is 3.20. The van der Waals surface area contributed by atoms with Crippen LogP contribution in [0.15, 0.2) is 36.9 Å². The lowest BCUT2D eigenvalue weighted by Gasteiger charge is -2.16. The molecule has 0 heterocycles. The Kier molecular flexibility index (Phi) is 8.44. The first kappa shape index (κ1) is 21.0. The number of ether oxygens (including phenoxy) is 2. The van der Waals surface area contributed by atoms with Crippen molar-refractivity contribution in [2.24, 2.45) is 0 Å². The monoisotopic (exact) mass is 361 g/mol. The number of halogens is 3. The topological polar surface area (TPSA) is 67.8 Å². The Balaban J connectivity index is 2.31. The van der Waals surface area contributed by atoms with Gasteiger partial charge in [0.15, 0.2) is 0 Å². The van der Waals surface area contributed by atoms with Crippen molar-refractivity contribution in [1.29, 1.82) is 0 Å². The summed E-state index contributed by atoms with van der Waals surface area (Å²) in [5.41, 5.74) is -0.780. The molecule has 1 aromatic carbocycles. The third kappa shape index (κ3) is 8.04. The molecule has 0 aliphatic carbocycles. The summed E-state index contributed by atoms with van der Waals surface area (Å²) >= 11 is 0. The average molecular weight is 361 g/mol. The van der Waals surface area contributed by atoms with E-state index < -0.39 is 23.9 Å². The molecule has 0 aromatic heterocycles. The van der Waals surface area contributed by atoms with Crippen LogP contribution in [0.4, 0.5) is 13.2 Å². The predicted molar refractivity (Wildman–Crippen MR) is 86.2 cm³/mol. The average Bonchev–Trinajstić information content (AvgIpc) is 2.57. The molecule has 2 unspecified atom stereocenters. The molecule has 0 aliphatic heterocycles. The summed E-state index contributed by atoms with van der Waals surface area (Å²) in [6.45, 7) is 5.27. The van der Waals surface area contributed by atoms with Crippen molar-refractivity contribution in [3.05, 3.63) is 42.5 Å². The number of aliphatic hydroxyl groups excluding tert-OH is 1. The lowest BCUT2D eigenvalue weighted by atomic mass is 10.2. The minimum Gasteiger partial charge on any atom is -0.491 e. The van der Waals surface area contributed by atoms with Gasteiger partial charge in [-0.05, 0) is 37.6 Å². The van der Waals surface area contributed by atoms with Crippen molar-refractivity contribution in [3.63, 3.8) is 0 Å². The number of aliphatic hydroxyl groups is 1. The van der Waals surface area contributed by atoms with Crippen molar-refractivity contribution in [1.82, 2.24) is 5.32 Å². The fourth-order valence-corrected chi connectivity index (χ4v) is 1.76. The number of nitrogens with one attached hydrogen (secondary N) is 1. The van der Waals surface area contributed by atoms with Crippen LogP contribution in [0, 0.1) is 0 Å². The Morgan fingerprint density at radius 1 is 1.36 bits per heavy atom. The lowest BCUT2D eigenvalue weighted by Crippen LogP contribution is -2.40. The molecule has 0 radical (unpaired) electrons. The van der Waals surface area contributed by atoms with E-state index in [2.05, 4.69) is 11.9 Å². The lowest BCUT2D eigenvalue weighted by molar-refractivity contribution is -0.137.